The maximum absolute atomic E-state index is 12.0. The molecule has 1 aliphatic rings. The lowest BCUT2D eigenvalue weighted by atomic mass is 10.0. The van der Waals surface area contributed by atoms with Gasteiger partial charge in [-0.25, -0.2) is 4.79 Å². The number of nitro groups is 1. The van der Waals surface area contributed by atoms with Crippen LogP contribution >= 0.6 is 11.6 Å². The Hall–Kier alpha value is -1.90. The van der Waals surface area contributed by atoms with Crippen LogP contribution in [-0.2, 0) is 4.74 Å². The summed E-state index contributed by atoms with van der Waals surface area (Å²) in [4.78, 5) is 24.6. The molecule has 2 amide bonds. The van der Waals surface area contributed by atoms with Gasteiger partial charge in [-0.3, -0.25) is 15.0 Å². The van der Waals surface area contributed by atoms with Crippen molar-refractivity contribution in [1.82, 2.24) is 10.2 Å². The van der Waals surface area contributed by atoms with Gasteiger partial charge in [0.15, 0.2) is 0 Å². The number of ether oxygens (including phenoxy) is 1. The fourth-order valence-corrected chi connectivity index (χ4v) is 2.67. The highest BCUT2D eigenvalue weighted by Crippen LogP contribution is 2.27. The highest BCUT2D eigenvalue weighted by molar-refractivity contribution is 6.32. The maximum Gasteiger partial charge on any atom is 0.319 e. The molecule has 132 valence electrons. The molecule has 8 nitrogen and oxygen atoms in total. The molecule has 24 heavy (non-hydrogen) atoms. The summed E-state index contributed by atoms with van der Waals surface area (Å²) in [5.41, 5.74) is -0.150. The second-order valence-corrected chi connectivity index (χ2v) is 6.55. The number of morpholine rings is 1. The van der Waals surface area contributed by atoms with Gasteiger partial charge in [-0.15, -0.1) is 0 Å². The first-order valence-corrected chi connectivity index (χ1v) is 7.99. The van der Waals surface area contributed by atoms with Gasteiger partial charge in [0, 0.05) is 36.9 Å². The van der Waals surface area contributed by atoms with Crippen molar-refractivity contribution in [1.29, 1.82) is 0 Å². The van der Waals surface area contributed by atoms with Crippen molar-refractivity contribution in [3.63, 3.8) is 0 Å². The Morgan fingerprint density at radius 2 is 2.08 bits per heavy atom. The summed E-state index contributed by atoms with van der Waals surface area (Å²) in [5, 5.41) is 16.3. The number of anilines is 1. The van der Waals surface area contributed by atoms with E-state index in [4.69, 9.17) is 16.3 Å². The number of nitrogens with zero attached hydrogens (tertiary/aromatic N) is 2. The molecule has 1 heterocycles. The van der Waals surface area contributed by atoms with Crippen molar-refractivity contribution in [3.8, 4) is 0 Å². The van der Waals surface area contributed by atoms with E-state index in [0.29, 0.717) is 25.4 Å². The highest BCUT2D eigenvalue weighted by atomic mass is 35.5. The Kier molecular flexibility index (Phi) is 5.98. The summed E-state index contributed by atoms with van der Waals surface area (Å²) in [6.45, 7) is 7.54. The number of hydrogen-bond donors (Lipinski definition) is 2. The van der Waals surface area contributed by atoms with Crippen LogP contribution in [0.5, 0.6) is 0 Å². The smallest absolute Gasteiger partial charge is 0.319 e. The summed E-state index contributed by atoms with van der Waals surface area (Å²) >= 11 is 5.75. The Labute approximate surface area is 145 Å². The van der Waals surface area contributed by atoms with Crippen LogP contribution in [0.4, 0.5) is 16.2 Å². The van der Waals surface area contributed by atoms with Crippen LogP contribution in [0.3, 0.4) is 0 Å². The average molecular weight is 357 g/mol. The minimum atomic E-state index is -0.590. The Balaban J connectivity index is 1.91. The van der Waals surface area contributed by atoms with Crippen molar-refractivity contribution >= 4 is 29.0 Å². The summed E-state index contributed by atoms with van der Waals surface area (Å²) in [7, 11) is 0. The molecule has 2 N–H and O–H groups in total. The highest BCUT2D eigenvalue weighted by Gasteiger charge is 2.28. The SMILES string of the molecule is CC(C)(CNC(=O)Nc1ccc(Cl)c([N+](=O)[O-])c1)N1CCOCC1. The third-order valence-corrected chi connectivity index (χ3v) is 4.27. The Morgan fingerprint density at radius 1 is 1.42 bits per heavy atom. The van der Waals surface area contributed by atoms with Crippen molar-refractivity contribution in [2.75, 3.05) is 38.2 Å². The van der Waals surface area contributed by atoms with Gasteiger partial charge in [0.25, 0.3) is 5.69 Å². The number of carbonyl (C=O) groups excluding carboxylic acids is 1. The minimum Gasteiger partial charge on any atom is -0.379 e. The number of urea groups is 1. The predicted octanol–water partition coefficient (Wildman–Crippen LogP) is 2.48. The summed E-state index contributed by atoms with van der Waals surface area (Å²) in [6, 6.07) is 3.71. The van der Waals surface area contributed by atoms with E-state index in [-0.39, 0.29) is 16.2 Å². The normalized spacial score (nSPS) is 15.8. The second-order valence-electron chi connectivity index (χ2n) is 6.14. The average Bonchev–Trinajstić information content (AvgIpc) is 2.55. The number of carbonyl (C=O) groups is 1. The van der Waals surface area contributed by atoms with E-state index in [9.17, 15) is 14.9 Å². The third-order valence-electron chi connectivity index (χ3n) is 3.95. The molecule has 1 aromatic rings. The molecule has 0 bridgehead atoms. The van der Waals surface area contributed by atoms with Crippen LogP contribution in [0, 0.1) is 10.1 Å². The van der Waals surface area contributed by atoms with Crippen molar-refractivity contribution < 1.29 is 14.5 Å². The molecule has 0 unspecified atom stereocenters. The third kappa shape index (κ3) is 4.80. The van der Waals surface area contributed by atoms with Crippen LogP contribution in [0.2, 0.25) is 5.02 Å². The molecule has 9 heteroatoms. The summed E-state index contributed by atoms with van der Waals surface area (Å²) in [6.07, 6.45) is 0. The monoisotopic (exact) mass is 356 g/mol. The number of amides is 2. The van der Waals surface area contributed by atoms with Crippen molar-refractivity contribution in [3.05, 3.63) is 33.3 Å². The van der Waals surface area contributed by atoms with Gasteiger partial charge < -0.3 is 15.4 Å². The predicted molar refractivity (Wildman–Crippen MR) is 91.6 cm³/mol. The van der Waals surface area contributed by atoms with Gasteiger partial charge in [-0.2, -0.15) is 0 Å². The van der Waals surface area contributed by atoms with Crippen LogP contribution in [0.1, 0.15) is 13.8 Å². The van der Waals surface area contributed by atoms with Crippen LogP contribution in [0.25, 0.3) is 0 Å². The molecule has 1 saturated heterocycles. The largest absolute Gasteiger partial charge is 0.379 e. The quantitative estimate of drug-likeness (QED) is 0.624. The molecule has 2 rings (SSSR count). The molecule has 0 atom stereocenters. The fraction of sp³-hybridized carbons (Fsp3) is 0.533. The van der Waals surface area contributed by atoms with Crippen molar-refractivity contribution in [2.45, 2.75) is 19.4 Å². The number of halogens is 1. The van der Waals surface area contributed by atoms with E-state index >= 15 is 0 Å². The van der Waals surface area contributed by atoms with E-state index in [1.807, 2.05) is 13.8 Å². The lowest BCUT2D eigenvalue weighted by Crippen LogP contribution is -2.55. The first-order chi connectivity index (χ1) is 11.3. The number of hydrogen-bond acceptors (Lipinski definition) is 5. The van der Waals surface area contributed by atoms with Crippen molar-refractivity contribution in [2.24, 2.45) is 0 Å². The lowest BCUT2D eigenvalue weighted by Gasteiger charge is -2.40. The zero-order valence-electron chi connectivity index (χ0n) is 13.7. The van der Waals surface area contributed by atoms with Crippen LogP contribution in [0.15, 0.2) is 18.2 Å². The Morgan fingerprint density at radius 3 is 2.71 bits per heavy atom. The fourth-order valence-electron chi connectivity index (χ4n) is 2.48. The van der Waals surface area contributed by atoms with Gasteiger partial charge >= 0.3 is 6.03 Å². The molecule has 0 spiro atoms. The van der Waals surface area contributed by atoms with Gasteiger partial charge in [0.05, 0.1) is 18.1 Å². The van der Waals surface area contributed by atoms with E-state index in [1.54, 1.807) is 0 Å². The minimum absolute atomic E-state index is 0.0272. The number of rotatable bonds is 5. The van der Waals surface area contributed by atoms with E-state index in [2.05, 4.69) is 15.5 Å². The number of benzene rings is 1. The summed E-state index contributed by atoms with van der Waals surface area (Å²) < 4.78 is 5.33. The molecule has 0 saturated carbocycles. The topological polar surface area (TPSA) is 96.7 Å². The van der Waals surface area contributed by atoms with Gasteiger partial charge in [0.2, 0.25) is 0 Å². The molecule has 0 radical (unpaired) electrons. The first-order valence-electron chi connectivity index (χ1n) is 7.61. The molecule has 1 aromatic carbocycles. The van der Waals surface area contributed by atoms with Gasteiger partial charge in [-0.05, 0) is 26.0 Å². The van der Waals surface area contributed by atoms with E-state index < -0.39 is 11.0 Å². The van der Waals surface area contributed by atoms with Crippen LogP contribution < -0.4 is 10.6 Å². The van der Waals surface area contributed by atoms with Gasteiger partial charge in [-0.1, -0.05) is 11.6 Å². The second kappa shape index (κ2) is 7.78. The van der Waals surface area contributed by atoms with E-state index in [0.717, 1.165) is 13.1 Å². The molecule has 1 aliphatic heterocycles. The zero-order valence-corrected chi connectivity index (χ0v) is 14.4. The lowest BCUT2D eigenvalue weighted by molar-refractivity contribution is -0.384. The molecule has 0 aromatic heterocycles. The zero-order chi connectivity index (χ0) is 17.7. The maximum atomic E-state index is 12.0. The molecule has 0 aliphatic carbocycles. The molecular formula is C15H21ClN4O4. The number of nitrogens with one attached hydrogen (secondary N) is 2. The molecule has 1 fully saturated rings. The van der Waals surface area contributed by atoms with Gasteiger partial charge in [0.1, 0.15) is 5.02 Å². The van der Waals surface area contributed by atoms with Crippen LogP contribution in [-0.4, -0.2) is 54.2 Å². The first kappa shape index (κ1) is 18.4. The van der Waals surface area contributed by atoms with E-state index in [1.165, 1.54) is 18.2 Å². The standard InChI is InChI=1S/C15H21ClN4O4/c1-15(2,19-5-7-24-8-6-19)10-17-14(21)18-11-3-4-12(16)13(9-11)20(22)23/h3-4,9H,5-8,10H2,1-2H3,(H2,17,18,21). The summed E-state index contributed by atoms with van der Waals surface area (Å²) in [5.74, 6) is 0. The number of nitro benzene ring substituents is 1. The Bertz CT molecular complexity index is 617. The molecular weight excluding hydrogens is 336 g/mol.